The monoisotopic (exact) mass is 690 g/mol. The predicted octanol–water partition coefficient (Wildman–Crippen LogP) is 5.45. The highest BCUT2D eigenvalue weighted by atomic mass is 16.6. The lowest BCUT2D eigenvalue weighted by atomic mass is 10.1. The first kappa shape index (κ1) is 35.4. The number of aromatic nitrogens is 4. The van der Waals surface area contributed by atoms with E-state index in [1.807, 2.05) is 59.6 Å². The molecule has 0 aliphatic carbocycles. The number of H-pyrrole nitrogens is 2. The molecule has 51 heavy (non-hydrogen) atoms. The fraction of sp³-hybridized carbons (Fsp3) is 0.410. The summed E-state index contributed by atoms with van der Waals surface area (Å²) in [7, 11) is 0. The van der Waals surface area contributed by atoms with Crippen LogP contribution in [0.3, 0.4) is 0 Å². The molecule has 12 heteroatoms. The molecule has 2 aromatic carbocycles. The van der Waals surface area contributed by atoms with Crippen molar-refractivity contribution in [1.29, 1.82) is 0 Å². The molecule has 4 atom stereocenters. The van der Waals surface area contributed by atoms with Gasteiger partial charge in [-0.15, -0.1) is 0 Å². The number of imidazole rings is 2. The van der Waals surface area contributed by atoms with Crippen LogP contribution in [-0.4, -0.2) is 78.4 Å². The van der Waals surface area contributed by atoms with Crippen LogP contribution in [0.5, 0.6) is 0 Å². The molecule has 0 unspecified atom stereocenters. The van der Waals surface area contributed by atoms with Gasteiger partial charge < -0.3 is 35.6 Å². The van der Waals surface area contributed by atoms with E-state index in [0.29, 0.717) is 13.1 Å². The number of likely N-dealkylation sites (tertiary alicyclic amines) is 2. The van der Waals surface area contributed by atoms with Crippen LogP contribution in [0, 0.1) is 11.8 Å². The second-order valence-electron chi connectivity index (χ2n) is 14.3. The summed E-state index contributed by atoms with van der Waals surface area (Å²) in [6, 6.07) is 14.4. The van der Waals surface area contributed by atoms with Gasteiger partial charge >= 0.3 is 6.09 Å². The van der Waals surface area contributed by atoms with Gasteiger partial charge in [-0.3, -0.25) is 9.59 Å². The summed E-state index contributed by atoms with van der Waals surface area (Å²) >= 11 is 0. The number of hydrogen-bond donors (Lipinski definition) is 4. The van der Waals surface area contributed by atoms with Crippen molar-refractivity contribution in [3.63, 3.8) is 0 Å². The molecule has 3 amide bonds. The summed E-state index contributed by atoms with van der Waals surface area (Å²) in [6.07, 6.45) is 6.41. The molecule has 2 fully saturated rings. The van der Waals surface area contributed by atoms with Gasteiger partial charge in [-0.05, 0) is 95.7 Å². The number of carbonyl (C=O) groups excluding carboxylic acids is 3. The number of carbonyl (C=O) groups is 3. The fourth-order valence-electron chi connectivity index (χ4n) is 6.60. The number of aromatic amines is 2. The Balaban J connectivity index is 1.06. The van der Waals surface area contributed by atoms with Gasteiger partial charge in [0.1, 0.15) is 23.3 Å². The number of hydrogen-bond acceptors (Lipinski definition) is 7. The van der Waals surface area contributed by atoms with Crippen molar-refractivity contribution < 1.29 is 19.1 Å². The minimum Gasteiger partial charge on any atom is -0.444 e. The van der Waals surface area contributed by atoms with Crippen LogP contribution in [0.4, 0.5) is 4.79 Å². The molecular formula is C39H46N8O4. The number of nitrogens with two attached hydrogens (primary N) is 1. The highest BCUT2D eigenvalue weighted by Crippen LogP contribution is 2.33. The first-order chi connectivity index (χ1) is 24.4. The summed E-state index contributed by atoms with van der Waals surface area (Å²) in [5.74, 6) is 7.77. The number of nitrogens with one attached hydrogen (secondary N) is 3. The maximum absolute atomic E-state index is 13.3. The van der Waals surface area contributed by atoms with Crippen molar-refractivity contribution in [2.75, 3.05) is 13.1 Å². The van der Waals surface area contributed by atoms with Crippen LogP contribution in [-0.2, 0) is 14.3 Å². The predicted molar refractivity (Wildman–Crippen MR) is 194 cm³/mol. The molecule has 5 N–H and O–H groups in total. The highest BCUT2D eigenvalue weighted by Gasteiger charge is 2.35. The Bertz CT molecular complexity index is 1930. The van der Waals surface area contributed by atoms with Crippen LogP contribution in [0.1, 0.15) is 95.2 Å². The van der Waals surface area contributed by atoms with Crippen molar-refractivity contribution in [2.45, 2.75) is 90.1 Å². The van der Waals surface area contributed by atoms with Gasteiger partial charge in [0.2, 0.25) is 11.8 Å². The van der Waals surface area contributed by atoms with Crippen LogP contribution >= 0.6 is 0 Å². The first-order valence-corrected chi connectivity index (χ1v) is 17.5. The minimum atomic E-state index is -0.723. The zero-order valence-corrected chi connectivity index (χ0v) is 29.8. The molecule has 0 spiro atoms. The lowest BCUT2D eigenvalue weighted by molar-refractivity contribution is -0.134. The van der Waals surface area contributed by atoms with E-state index in [9.17, 15) is 14.4 Å². The van der Waals surface area contributed by atoms with Gasteiger partial charge in [-0.2, -0.15) is 0 Å². The van der Waals surface area contributed by atoms with Crippen LogP contribution in [0.15, 0.2) is 60.9 Å². The molecule has 4 aromatic rings. The van der Waals surface area contributed by atoms with Crippen LogP contribution in [0.25, 0.3) is 22.5 Å². The van der Waals surface area contributed by atoms with Gasteiger partial charge in [-0.25, -0.2) is 14.8 Å². The van der Waals surface area contributed by atoms with Crippen molar-refractivity contribution in [2.24, 2.45) is 5.73 Å². The highest BCUT2D eigenvalue weighted by molar-refractivity contribution is 5.86. The molecule has 0 saturated carbocycles. The van der Waals surface area contributed by atoms with Gasteiger partial charge in [0.05, 0.1) is 41.9 Å². The maximum Gasteiger partial charge on any atom is 0.408 e. The summed E-state index contributed by atoms with van der Waals surface area (Å²) in [6.45, 7) is 10.0. The summed E-state index contributed by atoms with van der Waals surface area (Å²) in [5.41, 5.74) is 10.7. The molecule has 266 valence electrons. The van der Waals surface area contributed by atoms with E-state index in [4.69, 9.17) is 10.5 Å². The van der Waals surface area contributed by atoms with Crippen LogP contribution < -0.4 is 11.1 Å². The molecule has 2 saturated heterocycles. The lowest BCUT2D eigenvalue weighted by Gasteiger charge is -2.27. The first-order valence-electron chi connectivity index (χ1n) is 17.5. The lowest BCUT2D eigenvalue weighted by Crippen LogP contribution is -2.48. The number of benzene rings is 2. The Morgan fingerprint density at radius 3 is 1.69 bits per heavy atom. The Labute approximate surface area is 298 Å². The Morgan fingerprint density at radius 2 is 1.25 bits per heavy atom. The quantitative estimate of drug-likeness (QED) is 0.187. The maximum atomic E-state index is 13.3. The Hall–Kier alpha value is -5.41. The minimum absolute atomic E-state index is 0.0491. The fourth-order valence-corrected chi connectivity index (χ4v) is 6.60. The molecule has 6 rings (SSSR count). The van der Waals surface area contributed by atoms with E-state index in [2.05, 4.69) is 37.1 Å². The van der Waals surface area contributed by atoms with Crippen LogP contribution in [0.2, 0.25) is 0 Å². The topological polar surface area (TPSA) is 162 Å². The van der Waals surface area contributed by atoms with Gasteiger partial charge in [-0.1, -0.05) is 36.1 Å². The van der Waals surface area contributed by atoms with E-state index in [0.717, 1.165) is 71.0 Å². The number of nitrogens with zero attached hydrogens (tertiary/aromatic N) is 4. The summed E-state index contributed by atoms with van der Waals surface area (Å²) < 4.78 is 5.32. The van der Waals surface area contributed by atoms with Crippen molar-refractivity contribution >= 4 is 17.9 Å². The Kier molecular flexibility index (Phi) is 10.3. The second kappa shape index (κ2) is 14.8. The third-order valence-electron chi connectivity index (χ3n) is 9.13. The Morgan fingerprint density at radius 1 is 0.804 bits per heavy atom. The van der Waals surface area contributed by atoms with E-state index in [-0.39, 0.29) is 23.9 Å². The SMILES string of the molecule is C[C@@H](N)C(=O)N1CCC[C@H]1c1ncc(-c2ccc(C#Cc3ccc(-c4cnc([C@@H]5CCCN5C(=O)[C@@H](C)NC(=O)OC(C)(C)C)[nH]4)cc3)cc2)[nH]1. The molecule has 0 bridgehead atoms. The summed E-state index contributed by atoms with van der Waals surface area (Å²) in [4.78, 5) is 57.7. The number of rotatable bonds is 7. The standard InChI is InChI=1S/C39H46N8O4/c1-24(40)36(48)46-20-6-8-32(46)34-41-22-30(44-34)28-16-12-26(13-17-28)10-11-27-14-18-29(19-15-27)31-23-42-35(45-31)33-9-7-21-47(33)37(49)25(2)43-38(50)51-39(3,4)5/h12-19,22-25,32-33H,6-9,20-21,40H2,1-5H3,(H,41,44)(H,42,45)(H,43,50)/t24-,25-,32+,33+/m1/s1. The molecule has 2 aliphatic heterocycles. The molecular weight excluding hydrogens is 644 g/mol. The number of alkyl carbamates (subject to hydrolysis) is 1. The zero-order chi connectivity index (χ0) is 36.3. The third kappa shape index (κ3) is 8.32. The molecule has 4 heterocycles. The third-order valence-corrected chi connectivity index (χ3v) is 9.13. The normalized spacial score (nSPS) is 18.5. The van der Waals surface area contributed by atoms with Crippen molar-refractivity contribution in [3.05, 3.63) is 83.7 Å². The van der Waals surface area contributed by atoms with E-state index >= 15 is 0 Å². The molecule has 0 radical (unpaired) electrons. The smallest absolute Gasteiger partial charge is 0.408 e. The zero-order valence-electron chi connectivity index (χ0n) is 29.8. The van der Waals surface area contributed by atoms with Crippen molar-refractivity contribution in [1.82, 2.24) is 35.1 Å². The average molecular weight is 691 g/mol. The average Bonchev–Trinajstić information content (AvgIpc) is 3.92. The summed E-state index contributed by atoms with van der Waals surface area (Å²) in [5, 5.41) is 2.66. The molecule has 2 aliphatic rings. The second-order valence-corrected chi connectivity index (χ2v) is 14.3. The number of ether oxygens (including phenoxy) is 1. The van der Waals surface area contributed by atoms with Gasteiger partial charge in [0.15, 0.2) is 0 Å². The van der Waals surface area contributed by atoms with E-state index < -0.39 is 23.8 Å². The van der Waals surface area contributed by atoms with E-state index in [1.54, 1.807) is 45.7 Å². The largest absolute Gasteiger partial charge is 0.444 e. The molecule has 2 aromatic heterocycles. The van der Waals surface area contributed by atoms with E-state index in [1.165, 1.54) is 0 Å². The number of amides is 3. The molecule has 12 nitrogen and oxygen atoms in total. The van der Waals surface area contributed by atoms with Crippen molar-refractivity contribution in [3.8, 4) is 34.4 Å². The van der Waals surface area contributed by atoms with Gasteiger partial charge in [0, 0.05) is 24.2 Å². The van der Waals surface area contributed by atoms with Gasteiger partial charge in [0.25, 0.3) is 0 Å².